The number of halogens is 1. The molecule has 0 bridgehead atoms. The van der Waals surface area contributed by atoms with Gasteiger partial charge in [0.15, 0.2) is 0 Å². The van der Waals surface area contributed by atoms with E-state index in [0.29, 0.717) is 5.28 Å². The van der Waals surface area contributed by atoms with Crippen LogP contribution in [0.4, 0.5) is 0 Å². The van der Waals surface area contributed by atoms with E-state index < -0.39 is 0 Å². The lowest BCUT2D eigenvalue weighted by Crippen LogP contribution is -2.18. The van der Waals surface area contributed by atoms with Gasteiger partial charge < -0.3 is 0 Å². The van der Waals surface area contributed by atoms with E-state index in [1.165, 1.54) is 0 Å². The topological polar surface area (TPSA) is 43.6 Å². The predicted molar refractivity (Wildman–Crippen MR) is 80.4 cm³/mol. The third-order valence-electron chi connectivity index (χ3n) is 3.20. The molecule has 1 aromatic carbocycles. The van der Waals surface area contributed by atoms with Crippen LogP contribution in [-0.2, 0) is 5.41 Å². The van der Waals surface area contributed by atoms with Crippen LogP contribution >= 0.6 is 11.6 Å². The Hall–Kier alpha value is -1.94. The van der Waals surface area contributed by atoms with Gasteiger partial charge in [0.1, 0.15) is 5.82 Å². The molecule has 0 aliphatic heterocycles. The molecule has 0 saturated carbocycles. The van der Waals surface area contributed by atoms with E-state index in [1.807, 2.05) is 29.0 Å². The molecule has 2 aromatic heterocycles. The second kappa shape index (κ2) is 4.56. The lowest BCUT2D eigenvalue weighted by Gasteiger charge is -2.19. The van der Waals surface area contributed by atoms with Crippen molar-refractivity contribution in [2.24, 2.45) is 0 Å². The molecule has 0 amide bonds. The quantitative estimate of drug-likeness (QED) is 0.684. The molecule has 0 fully saturated rings. The van der Waals surface area contributed by atoms with Crippen LogP contribution in [0.1, 0.15) is 26.6 Å². The standard InChI is InChI=1S/C15H15ClN4/c1-15(2,3)13-18-19-14(16)20(13)12-6-4-5-10-7-8-17-9-11(10)12/h4-9H,1-3H3. The van der Waals surface area contributed by atoms with Crippen LogP contribution in [0.15, 0.2) is 36.7 Å². The zero-order valence-electron chi connectivity index (χ0n) is 11.6. The van der Waals surface area contributed by atoms with E-state index in [2.05, 4.69) is 42.0 Å². The maximum atomic E-state index is 6.25. The van der Waals surface area contributed by atoms with Gasteiger partial charge in [-0.05, 0) is 29.1 Å². The molecule has 0 radical (unpaired) electrons. The SMILES string of the molecule is CC(C)(C)c1nnc(Cl)n1-c1cccc2ccncc12. The Morgan fingerprint density at radius 2 is 1.90 bits per heavy atom. The fourth-order valence-corrected chi connectivity index (χ4v) is 2.47. The average Bonchev–Trinajstić information content (AvgIpc) is 2.80. The predicted octanol–water partition coefficient (Wildman–Crippen LogP) is 3.77. The van der Waals surface area contributed by atoms with E-state index in [0.717, 1.165) is 22.3 Å². The Morgan fingerprint density at radius 3 is 2.65 bits per heavy atom. The summed E-state index contributed by atoms with van der Waals surface area (Å²) in [6.45, 7) is 6.27. The van der Waals surface area contributed by atoms with Crippen molar-refractivity contribution >= 4 is 22.4 Å². The van der Waals surface area contributed by atoms with Gasteiger partial charge in [-0.2, -0.15) is 0 Å². The maximum Gasteiger partial charge on any atom is 0.229 e. The summed E-state index contributed by atoms with van der Waals surface area (Å²) in [6.07, 6.45) is 3.62. The molecule has 3 rings (SSSR count). The Kier molecular flexibility index (Phi) is 2.98. The largest absolute Gasteiger partial charge is 0.269 e. The van der Waals surface area contributed by atoms with E-state index in [9.17, 15) is 0 Å². The second-order valence-corrected chi connectivity index (χ2v) is 6.09. The van der Waals surface area contributed by atoms with Gasteiger partial charge >= 0.3 is 0 Å². The van der Waals surface area contributed by atoms with Crippen molar-refractivity contribution in [3.63, 3.8) is 0 Å². The Bertz CT molecular complexity index is 766. The number of pyridine rings is 1. The smallest absolute Gasteiger partial charge is 0.229 e. The molecule has 5 heteroatoms. The molecule has 102 valence electrons. The lowest BCUT2D eigenvalue weighted by atomic mass is 9.95. The normalized spacial score (nSPS) is 12.0. The summed E-state index contributed by atoms with van der Waals surface area (Å²) in [6, 6.07) is 8.04. The molecule has 0 spiro atoms. The monoisotopic (exact) mass is 286 g/mol. The minimum absolute atomic E-state index is 0.148. The molecule has 0 unspecified atom stereocenters. The third kappa shape index (κ3) is 2.06. The van der Waals surface area contributed by atoms with Crippen molar-refractivity contribution in [2.45, 2.75) is 26.2 Å². The number of hydrogen-bond acceptors (Lipinski definition) is 3. The van der Waals surface area contributed by atoms with Crippen LogP contribution in [-0.4, -0.2) is 19.7 Å². The molecule has 4 nitrogen and oxygen atoms in total. The summed E-state index contributed by atoms with van der Waals surface area (Å²) in [5, 5.41) is 10.8. The molecular weight excluding hydrogens is 272 g/mol. The number of nitrogens with zero attached hydrogens (tertiary/aromatic N) is 4. The summed E-state index contributed by atoms with van der Waals surface area (Å²) in [5.74, 6) is 0.832. The number of rotatable bonds is 1. The first-order chi connectivity index (χ1) is 9.48. The van der Waals surface area contributed by atoms with E-state index >= 15 is 0 Å². The van der Waals surface area contributed by atoms with Crippen LogP contribution in [0.5, 0.6) is 0 Å². The third-order valence-corrected chi connectivity index (χ3v) is 3.44. The highest BCUT2D eigenvalue weighted by Gasteiger charge is 2.24. The summed E-state index contributed by atoms with van der Waals surface area (Å²) < 4.78 is 1.89. The van der Waals surface area contributed by atoms with Crippen molar-refractivity contribution in [2.75, 3.05) is 0 Å². The molecule has 2 heterocycles. The van der Waals surface area contributed by atoms with Gasteiger partial charge in [-0.1, -0.05) is 32.9 Å². The molecule has 20 heavy (non-hydrogen) atoms. The van der Waals surface area contributed by atoms with Crippen LogP contribution in [0, 0.1) is 0 Å². The van der Waals surface area contributed by atoms with Gasteiger partial charge in [0, 0.05) is 23.2 Å². The number of fused-ring (bicyclic) bond motifs is 1. The second-order valence-electron chi connectivity index (χ2n) is 5.75. The van der Waals surface area contributed by atoms with Gasteiger partial charge in [0.25, 0.3) is 0 Å². The number of aromatic nitrogens is 4. The van der Waals surface area contributed by atoms with Crippen LogP contribution in [0.2, 0.25) is 5.28 Å². The Morgan fingerprint density at radius 1 is 1.10 bits per heavy atom. The highest BCUT2D eigenvalue weighted by molar-refractivity contribution is 6.28. The summed E-state index contributed by atoms with van der Waals surface area (Å²) in [5.41, 5.74) is 0.806. The van der Waals surface area contributed by atoms with Gasteiger partial charge in [0.2, 0.25) is 5.28 Å². The minimum atomic E-state index is -0.148. The number of benzene rings is 1. The van der Waals surface area contributed by atoms with E-state index in [1.54, 1.807) is 6.20 Å². The zero-order chi connectivity index (χ0) is 14.3. The summed E-state index contributed by atoms with van der Waals surface area (Å²) >= 11 is 6.25. The molecule has 3 aromatic rings. The Balaban J connectivity index is 2.35. The van der Waals surface area contributed by atoms with Crippen LogP contribution < -0.4 is 0 Å². The van der Waals surface area contributed by atoms with Crippen molar-refractivity contribution in [3.8, 4) is 5.69 Å². The molecular formula is C15H15ClN4. The van der Waals surface area contributed by atoms with E-state index in [-0.39, 0.29) is 5.41 Å². The molecule has 0 aliphatic rings. The fourth-order valence-electron chi connectivity index (χ4n) is 2.26. The van der Waals surface area contributed by atoms with Crippen molar-refractivity contribution < 1.29 is 0 Å². The first-order valence-electron chi connectivity index (χ1n) is 6.43. The number of hydrogen-bond donors (Lipinski definition) is 0. The summed E-state index contributed by atoms with van der Waals surface area (Å²) in [7, 11) is 0. The Labute approximate surface area is 122 Å². The average molecular weight is 287 g/mol. The minimum Gasteiger partial charge on any atom is -0.269 e. The fraction of sp³-hybridized carbons (Fsp3) is 0.267. The van der Waals surface area contributed by atoms with Gasteiger partial charge in [0.05, 0.1) is 5.69 Å². The van der Waals surface area contributed by atoms with Crippen LogP contribution in [0.25, 0.3) is 16.5 Å². The van der Waals surface area contributed by atoms with Crippen molar-refractivity contribution in [3.05, 3.63) is 47.8 Å². The maximum absolute atomic E-state index is 6.25. The highest BCUT2D eigenvalue weighted by Crippen LogP contribution is 2.30. The molecule has 0 saturated heterocycles. The highest BCUT2D eigenvalue weighted by atomic mass is 35.5. The lowest BCUT2D eigenvalue weighted by molar-refractivity contribution is 0.533. The first-order valence-corrected chi connectivity index (χ1v) is 6.81. The zero-order valence-corrected chi connectivity index (χ0v) is 12.4. The van der Waals surface area contributed by atoms with Gasteiger partial charge in [-0.3, -0.25) is 9.55 Å². The van der Waals surface area contributed by atoms with Gasteiger partial charge in [-0.25, -0.2) is 0 Å². The van der Waals surface area contributed by atoms with E-state index in [4.69, 9.17) is 11.6 Å². The first kappa shape index (κ1) is 13.1. The van der Waals surface area contributed by atoms with Crippen LogP contribution in [0.3, 0.4) is 0 Å². The van der Waals surface area contributed by atoms with Gasteiger partial charge in [-0.15, -0.1) is 10.2 Å². The van der Waals surface area contributed by atoms with Crippen molar-refractivity contribution in [1.82, 2.24) is 19.7 Å². The summed E-state index contributed by atoms with van der Waals surface area (Å²) in [4.78, 5) is 4.21. The molecule has 0 atom stereocenters. The molecule has 0 aliphatic carbocycles. The molecule has 0 N–H and O–H groups in total. The van der Waals surface area contributed by atoms with Crippen molar-refractivity contribution in [1.29, 1.82) is 0 Å².